The van der Waals surface area contributed by atoms with Gasteiger partial charge in [-0.05, 0) is 29.8 Å². The molecule has 3 aromatic rings. The summed E-state index contributed by atoms with van der Waals surface area (Å²) in [5, 5.41) is 1.35. The molecule has 1 atom stereocenters. The second kappa shape index (κ2) is 4.50. The van der Waals surface area contributed by atoms with Crippen LogP contribution in [0.3, 0.4) is 0 Å². The highest BCUT2D eigenvalue weighted by molar-refractivity contribution is 5.84. The summed E-state index contributed by atoms with van der Waals surface area (Å²) in [5.41, 5.74) is 5.58. The van der Waals surface area contributed by atoms with Crippen molar-refractivity contribution in [2.75, 3.05) is 13.6 Å². The lowest BCUT2D eigenvalue weighted by atomic mass is 9.85. The van der Waals surface area contributed by atoms with E-state index in [1.807, 2.05) is 0 Å². The van der Waals surface area contributed by atoms with Gasteiger partial charge in [0.2, 0.25) is 0 Å². The fourth-order valence-corrected chi connectivity index (χ4v) is 3.43. The van der Waals surface area contributed by atoms with Crippen LogP contribution in [0.5, 0.6) is 0 Å². The van der Waals surface area contributed by atoms with Crippen molar-refractivity contribution in [3.05, 3.63) is 71.4 Å². The van der Waals surface area contributed by atoms with E-state index in [0.717, 1.165) is 13.1 Å². The van der Waals surface area contributed by atoms with Crippen LogP contribution in [0, 0.1) is 0 Å². The van der Waals surface area contributed by atoms with Crippen LogP contribution in [0.15, 0.2) is 54.7 Å². The quantitative estimate of drug-likeness (QED) is 0.707. The van der Waals surface area contributed by atoms with Crippen LogP contribution in [-0.4, -0.2) is 23.5 Å². The molecule has 0 bridgehead atoms. The Morgan fingerprint density at radius 3 is 2.75 bits per heavy atom. The van der Waals surface area contributed by atoms with Crippen LogP contribution in [-0.2, 0) is 6.54 Å². The van der Waals surface area contributed by atoms with Crippen molar-refractivity contribution in [2.45, 2.75) is 12.5 Å². The number of aromatic nitrogens is 1. The third-order valence-electron chi connectivity index (χ3n) is 4.36. The predicted molar refractivity (Wildman–Crippen MR) is 82.9 cm³/mol. The molecule has 1 aliphatic rings. The molecule has 100 valence electrons. The second-order valence-electron chi connectivity index (χ2n) is 5.74. The summed E-state index contributed by atoms with van der Waals surface area (Å²) in [5.74, 6) is 0.459. The van der Waals surface area contributed by atoms with E-state index in [1.165, 1.54) is 27.6 Å². The Labute approximate surface area is 119 Å². The zero-order valence-corrected chi connectivity index (χ0v) is 11.6. The standard InChI is InChI=1S/C18H18N2/c1-20-11-13-6-2-3-7-14(13)17(12-20)16-10-19-18-9-5-4-8-15(16)18/h2-10,17,19H,11-12H2,1H3/t17-/m1/s1. The van der Waals surface area contributed by atoms with Crippen molar-refractivity contribution >= 4 is 10.9 Å². The molecule has 20 heavy (non-hydrogen) atoms. The number of benzene rings is 2. The van der Waals surface area contributed by atoms with Crippen LogP contribution in [0.2, 0.25) is 0 Å². The van der Waals surface area contributed by atoms with Gasteiger partial charge in [0.25, 0.3) is 0 Å². The van der Waals surface area contributed by atoms with Gasteiger partial charge >= 0.3 is 0 Å². The number of nitrogens with one attached hydrogen (secondary N) is 1. The zero-order valence-electron chi connectivity index (χ0n) is 11.6. The van der Waals surface area contributed by atoms with Crippen molar-refractivity contribution in [3.8, 4) is 0 Å². The highest BCUT2D eigenvalue weighted by Crippen LogP contribution is 2.36. The Morgan fingerprint density at radius 1 is 1.00 bits per heavy atom. The SMILES string of the molecule is CN1Cc2ccccc2[C@H](c2c[nH]c3ccccc23)C1. The van der Waals surface area contributed by atoms with Gasteiger partial charge in [-0.3, -0.25) is 0 Å². The highest BCUT2D eigenvalue weighted by Gasteiger charge is 2.26. The van der Waals surface area contributed by atoms with Gasteiger partial charge in [0.05, 0.1) is 0 Å². The van der Waals surface area contributed by atoms with Crippen molar-refractivity contribution in [2.24, 2.45) is 0 Å². The number of hydrogen-bond donors (Lipinski definition) is 1. The first-order valence-electron chi connectivity index (χ1n) is 7.15. The van der Waals surface area contributed by atoms with Gasteiger partial charge in [-0.2, -0.15) is 0 Å². The number of fused-ring (bicyclic) bond motifs is 2. The molecule has 0 spiro atoms. The van der Waals surface area contributed by atoms with Crippen LogP contribution in [0.4, 0.5) is 0 Å². The number of likely N-dealkylation sites (N-methyl/N-ethyl adjacent to an activating group) is 1. The van der Waals surface area contributed by atoms with E-state index in [1.54, 1.807) is 0 Å². The topological polar surface area (TPSA) is 19.0 Å². The molecule has 2 heteroatoms. The summed E-state index contributed by atoms with van der Waals surface area (Å²) < 4.78 is 0. The molecule has 2 aromatic carbocycles. The average Bonchev–Trinajstić information content (AvgIpc) is 2.90. The van der Waals surface area contributed by atoms with E-state index in [0.29, 0.717) is 5.92 Å². The zero-order chi connectivity index (χ0) is 13.5. The molecule has 0 saturated heterocycles. The Balaban J connectivity index is 1.90. The molecule has 1 aliphatic heterocycles. The van der Waals surface area contributed by atoms with E-state index in [9.17, 15) is 0 Å². The first-order chi connectivity index (χ1) is 9.83. The van der Waals surface area contributed by atoms with E-state index in [4.69, 9.17) is 0 Å². The Morgan fingerprint density at radius 2 is 1.80 bits per heavy atom. The first-order valence-corrected chi connectivity index (χ1v) is 7.15. The first kappa shape index (κ1) is 11.7. The van der Waals surface area contributed by atoms with Gasteiger partial charge in [0, 0.05) is 36.1 Å². The van der Waals surface area contributed by atoms with Gasteiger partial charge in [-0.25, -0.2) is 0 Å². The predicted octanol–water partition coefficient (Wildman–Crippen LogP) is 3.75. The lowest BCUT2D eigenvalue weighted by Crippen LogP contribution is -2.30. The molecule has 0 radical (unpaired) electrons. The lowest BCUT2D eigenvalue weighted by Gasteiger charge is -2.32. The maximum absolute atomic E-state index is 3.41. The van der Waals surface area contributed by atoms with E-state index < -0.39 is 0 Å². The molecule has 2 nitrogen and oxygen atoms in total. The third kappa shape index (κ3) is 1.76. The number of para-hydroxylation sites is 1. The highest BCUT2D eigenvalue weighted by atomic mass is 15.1. The summed E-state index contributed by atoms with van der Waals surface area (Å²) in [7, 11) is 2.21. The minimum absolute atomic E-state index is 0.459. The monoisotopic (exact) mass is 262 g/mol. The van der Waals surface area contributed by atoms with Crippen LogP contribution in [0.1, 0.15) is 22.6 Å². The maximum Gasteiger partial charge on any atom is 0.0457 e. The number of hydrogen-bond acceptors (Lipinski definition) is 1. The smallest absolute Gasteiger partial charge is 0.0457 e. The summed E-state index contributed by atoms with van der Waals surface area (Å²) >= 11 is 0. The minimum atomic E-state index is 0.459. The molecule has 1 aromatic heterocycles. The van der Waals surface area contributed by atoms with Crippen molar-refractivity contribution in [3.63, 3.8) is 0 Å². The van der Waals surface area contributed by atoms with Crippen molar-refractivity contribution in [1.29, 1.82) is 0 Å². The van der Waals surface area contributed by atoms with Gasteiger partial charge in [-0.1, -0.05) is 42.5 Å². The molecule has 0 unspecified atom stereocenters. The summed E-state index contributed by atoms with van der Waals surface area (Å²) in [4.78, 5) is 5.82. The normalized spacial score (nSPS) is 19.1. The van der Waals surface area contributed by atoms with Gasteiger partial charge in [-0.15, -0.1) is 0 Å². The molecule has 0 fully saturated rings. The average molecular weight is 262 g/mol. The molecule has 0 amide bonds. The summed E-state index contributed by atoms with van der Waals surface area (Å²) in [6.45, 7) is 2.13. The Kier molecular flexibility index (Phi) is 2.64. The summed E-state index contributed by atoms with van der Waals surface area (Å²) in [6.07, 6.45) is 2.19. The van der Waals surface area contributed by atoms with E-state index >= 15 is 0 Å². The summed E-state index contributed by atoms with van der Waals surface area (Å²) in [6, 6.07) is 17.4. The fourth-order valence-electron chi connectivity index (χ4n) is 3.43. The van der Waals surface area contributed by atoms with Gasteiger partial charge in [0.15, 0.2) is 0 Å². The molecular weight excluding hydrogens is 244 g/mol. The molecule has 0 aliphatic carbocycles. The molecular formula is C18H18N2. The second-order valence-corrected chi connectivity index (χ2v) is 5.74. The molecule has 4 rings (SSSR count). The van der Waals surface area contributed by atoms with Crippen molar-refractivity contribution < 1.29 is 0 Å². The number of rotatable bonds is 1. The van der Waals surface area contributed by atoms with Crippen molar-refractivity contribution in [1.82, 2.24) is 9.88 Å². The van der Waals surface area contributed by atoms with Crippen LogP contribution < -0.4 is 0 Å². The van der Waals surface area contributed by atoms with Crippen LogP contribution in [0.25, 0.3) is 10.9 Å². The Hall–Kier alpha value is -2.06. The van der Waals surface area contributed by atoms with E-state index in [2.05, 4.69) is 71.7 Å². The largest absolute Gasteiger partial charge is 0.361 e. The molecule has 0 saturated carbocycles. The number of aromatic amines is 1. The third-order valence-corrected chi connectivity index (χ3v) is 4.36. The van der Waals surface area contributed by atoms with Gasteiger partial charge in [0.1, 0.15) is 0 Å². The van der Waals surface area contributed by atoms with Gasteiger partial charge < -0.3 is 9.88 Å². The van der Waals surface area contributed by atoms with Crippen LogP contribution >= 0.6 is 0 Å². The molecule has 2 heterocycles. The fraction of sp³-hybridized carbons (Fsp3) is 0.222. The molecule has 1 N–H and O–H groups in total. The van der Waals surface area contributed by atoms with E-state index in [-0.39, 0.29) is 0 Å². The lowest BCUT2D eigenvalue weighted by molar-refractivity contribution is 0.296. The number of H-pyrrole nitrogens is 1. The minimum Gasteiger partial charge on any atom is -0.361 e. The maximum atomic E-state index is 3.41. The number of nitrogens with zero attached hydrogens (tertiary/aromatic N) is 1. The Bertz CT molecular complexity index is 757.